The zero-order chi connectivity index (χ0) is 12.7. The smallest absolute Gasteiger partial charge is 0.284 e. The van der Waals surface area contributed by atoms with Crippen molar-refractivity contribution in [3.8, 4) is 0 Å². The van der Waals surface area contributed by atoms with Crippen LogP contribution < -0.4 is 5.32 Å². The van der Waals surface area contributed by atoms with E-state index in [0.717, 1.165) is 12.2 Å². The third-order valence-electron chi connectivity index (χ3n) is 2.21. The van der Waals surface area contributed by atoms with E-state index < -0.39 is 5.76 Å². The average molecular weight is 261 g/mol. The molecule has 0 aliphatic carbocycles. The van der Waals surface area contributed by atoms with Crippen molar-refractivity contribution in [1.82, 2.24) is 5.32 Å². The molecule has 0 amide bonds. The second-order valence-electron chi connectivity index (χ2n) is 3.75. The molecule has 2 nitrogen and oxygen atoms in total. The molecule has 1 N–H and O–H groups in total. The van der Waals surface area contributed by atoms with Gasteiger partial charge < -0.3 is 9.73 Å². The molecule has 0 fully saturated rings. The van der Waals surface area contributed by atoms with Gasteiger partial charge >= 0.3 is 0 Å². The average Bonchev–Trinajstić information content (AvgIpc) is 2.72. The highest BCUT2D eigenvalue weighted by molar-refractivity contribution is 7.98. The maximum absolute atomic E-state index is 12.0. The Morgan fingerprint density at radius 2 is 2.18 bits per heavy atom. The molecule has 1 atom stereocenters. The van der Waals surface area contributed by atoms with E-state index >= 15 is 0 Å². The molecule has 5 heteroatoms. The van der Waals surface area contributed by atoms with E-state index in [1.54, 1.807) is 6.07 Å². The number of rotatable bonds is 8. The first-order valence-electron chi connectivity index (χ1n) is 5.43. The Balaban J connectivity index is 2.32. The minimum atomic E-state index is -2.35. The second kappa shape index (κ2) is 7.50. The van der Waals surface area contributed by atoms with Crippen LogP contribution in [0.15, 0.2) is 29.2 Å². The summed E-state index contributed by atoms with van der Waals surface area (Å²) in [6.07, 6.45) is 2.74. The lowest BCUT2D eigenvalue weighted by molar-refractivity contribution is 0.251. The summed E-state index contributed by atoms with van der Waals surface area (Å²) in [4.78, 5) is 0. The Kier molecular flexibility index (Phi) is 6.29. The molecule has 1 aromatic rings. The lowest BCUT2D eigenvalue weighted by Crippen LogP contribution is -2.24. The molecule has 96 valence electrons. The fourth-order valence-electron chi connectivity index (χ4n) is 1.35. The van der Waals surface area contributed by atoms with Gasteiger partial charge in [-0.1, -0.05) is 17.8 Å². The van der Waals surface area contributed by atoms with Crippen LogP contribution >= 0.6 is 11.8 Å². The van der Waals surface area contributed by atoms with Gasteiger partial charge in [-0.25, -0.2) is 0 Å². The van der Waals surface area contributed by atoms with E-state index in [0.29, 0.717) is 30.1 Å². The molecule has 0 aliphatic rings. The van der Waals surface area contributed by atoms with Crippen LogP contribution in [0, 0.1) is 0 Å². The summed E-state index contributed by atoms with van der Waals surface area (Å²) in [6.45, 7) is 6.32. The number of hydrogen-bond donors (Lipinski definition) is 1. The molecule has 1 rings (SSSR count). The Labute approximate surface area is 104 Å². The molecule has 17 heavy (non-hydrogen) atoms. The zero-order valence-electron chi connectivity index (χ0n) is 9.79. The minimum absolute atomic E-state index is 0.208. The van der Waals surface area contributed by atoms with Crippen LogP contribution in [0.25, 0.3) is 0 Å². The van der Waals surface area contributed by atoms with Gasteiger partial charge in [-0.05, 0) is 25.5 Å². The van der Waals surface area contributed by atoms with Crippen molar-refractivity contribution >= 4 is 11.8 Å². The lowest BCUT2D eigenvalue weighted by atomic mass is 10.2. The molecule has 0 spiro atoms. The largest absolute Gasteiger partial charge is 0.464 e. The first kappa shape index (κ1) is 14.3. The van der Waals surface area contributed by atoms with Crippen LogP contribution in [-0.4, -0.2) is 11.8 Å². The van der Waals surface area contributed by atoms with Crippen molar-refractivity contribution in [3.05, 3.63) is 36.3 Å². The maximum Gasteiger partial charge on any atom is 0.284 e. The topological polar surface area (TPSA) is 25.2 Å². The number of hydrogen-bond acceptors (Lipinski definition) is 3. The van der Waals surface area contributed by atoms with E-state index in [1.807, 2.05) is 12.1 Å². The Morgan fingerprint density at radius 3 is 2.82 bits per heavy atom. The molecule has 0 radical (unpaired) electrons. The SMILES string of the molecule is C=CCC(C)NCc1ccc(CSC(F)F)o1. The van der Waals surface area contributed by atoms with Gasteiger partial charge in [-0.3, -0.25) is 0 Å². The standard InChI is InChI=1S/C12H17F2NOS/c1-3-4-9(2)15-7-10-5-6-11(16-10)8-17-12(13)14/h3,5-6,9,12,15H,1,4,7-8H2,2H3. The van der Waals surface area contributed by atoms with E-state index in [2.05, 4.69) is 18.8 Å². The molecule has 1 aromatic heterocycles. The highest BCUT2D eigenvalue weighted by atomic mass is 32.2. The third kappa shape index (κ3) is 5.89. The summed E-state index contributed by atoms with van der Waals surface area (Å²) in [5.74, 6) is -0.789. The number of furan rings is 1. The van der Waals surface area contributed by atoms with Crippen LogP contribution in [-0.2, 0) is 12.3 Å². The van der Waals surface area contributed by atoms with Gasteiger partial charge in [0, 0.05) is 6.04 Å². The minimum Gasteiger partial charge on any atom is -0.464 e. The molecule has 1 unspecified atom stereocenters. The van der Waals surface area contributed by atoms with Crippen LogP contribution in [0.1, 0.15) is 24.9 Å². The lowest BCUT2D eigenvalue weighted by Gasteiger charge is -2.09. The summed E-state index contributed by atoms with van der Waals surface area (Å²) >= 11 is 0.569. The molecular formula is C12H17F2NOS. The third-order valence-corrected chi connectivity index (χ3v) is 2.92. The van der Waals surface area contributed by atoms with Crippen LogP contribution in [0.2, 0.25) is 0 Å². The normalized spacial score (nSPS) is 12.9. The van der Waals surface area contributed by atoms with Crippen molar-refractivity contribution < 1.29 is 13.2 Å². The number of thioether (sulfide) groups is 1. The second-order valence-corrected chi connectivity index (χ2v) is 4.72. The van der Waals surface area contributed by atoms with Crippen LogP contribution in [0.4, 0.5) is 8.78 Å². The predicted molar refractivity (Wildman–Crippen MR) is 67.1 cm³/mol. The highest BCUT2D eigenvalue weighted by Gasteiger charge is 2.07. The summed E-state index contributed by atoms with van der Waals surface area (Å²) in [7, 11) is 0. The molecule has 1 heterocycles. The summed E-state index contributed by atoms with van der Waals surface area (Å²) in [6, 6.07) is 3.89. The van der Waals surface area contributed by atoms with E-state index in [9.17, 15) is 8.78 Å². The van der Waals surface area contributed by atoms with Crippen molar-refractivity contribution in [1.29, 1.82) is 0 Å². The maximum atomic E-state index is 12.0. The van der Waals surface area contributed by atoms with Crippen molar-refractivity contribution in [3.63, 3.8) is 0 Å². The molecular weight excluding hydrogens is 244 g/mol. The zero-order valence-corrected chi connectivity index (χ0v) is 10.6. The van der Waals surface area contributed by atoms with Crippen LogP contribution in [0.3, 0.4) is 0 Å². The van der Waals surface area contributed by atoms with Gasteiger partial charge in [0.15, 0.2) is 0 Å². The van der Waals surface area contributed by atoms with Crippen molar-refractivity contribution in [2.75, 3.05) is 0 Å². The van der Waals surface area contributed by atoms with Gasteiger partial charge in [-0.2, -0.15) is 8.78 Å². The Bertz CT molecular complexity index is 341. The Morgan fingerprint density at radius 1 is 1.47 bits per heavy atom. The Hall–Kier alpha value is -0.810. The van der Waals surface area contributed by atoms with Gasteiger partial charge in [0.2, 0.25) is 0 Å². The first-order valence-corrected chi connectivity index (χ1v) is 6.48. The quantitative estimate of drug-likeness (QED) is 0.721. The predicted octanol–water partition coefficient (Wildman–Crippen LogP) is 3.79. The van der Waals surface area contributed by atoms with Gasteiger partial charge in [-0.15, -0.1) is 6.58 Å². The van der Waals surface area contributed by atoms with E-state index in [4.69, 9.17) is 4.42 Å². The van der Waals surface area contributed by atoms with Gasteiger partial charge in [0.25, 0.3) is 5.76 Å². The van der Waals surface area contributed by atoms with Gasteiger partial charge in [0.05, 0.1) is 12.3 Å². The summed E-state index contributed by atoms with van der Waals surface area (Å²) < 4.78 is 29.4. The monoisotopic (exact) mass is 261 g/mol. The summed E-state index contributed by atoms with van der Waals surface area (Å²) in [5, 5.41) is 3.26. The molecule has 0 aromatic carbocycles. The van der Waals surface area contributed by atoms with Crippen molar-refractivity contribution in [2.24, 2.45) is 0 Å². The highest BCUT2D eigenvalue weighted by Crippen LogP contribution is 2.21. The van der Waals surface area contributed by atoms with Crippen molar-refractivity contribution in [2.45, 2.75) is 37.4 Å². The number of alkyl halides is 2. The van der Waals surface area contributed by atoms with Crippen LogP contribution in [0.5, 0.6) is 0 Å². The molecule has 0 saturated carbocycles. The number of nitrogens with one attached hydrogen (secondary N) is 1. The fourth-order valence-corrected chi connectivity index (χ4v) is 1.79. The van der Waals surface area contributed by atoms with E-state index in [-0.39, 0.29) is 5.75 Å². The fraction of sp³-hybridized carbons (Fsp3) is 0.500. The molecule has 0 saturated heterocycles. The number of halogens is 2. The van der Waals surface area contributed by atoms with Gasteiger partial charge in [0.1, 0.15) is 11.5 Å². The van der Waals surface area contributed by atoms with E-state index in [1.165, 1.54) is 0 Å². The summed E-state index contributed by atoms with van der Waals surface area (Å²) in [5.41, 5.74) is 0. The molecule has 0 bridgehead atoms. The molecule has 0 aliphatic heterocycles. The first-order chi connectivity index (χ1) is 8.11.